The molecule has 3 aromatic rings. The van der Waals surface area contributed by atoms with Crippen LogP contribution >= 0.6 is 11.3 Å². The standard InChI is InChI=1S/C20H17FN4S/c1-13-19(4-3-9-22-13)25-11-15-10-16(21)5-7-18(15)24-20(25)8-6-17-12-26-14(2)23-17/h3-12,20H,1-2H3. The fourth-order valence-electron chi connectivity index (χ4n) is 2.92. The summed E-state index contributed by atoms with van der Waals surface area (Å²) >= 11 is 1.61. The van der Waals surface area contributed by atoms with Gasteiger partial charge in [-0.2, -0.15) is 0 Å². The minimum atomic E-state index is -0.273. The summed E-state index contributed by atoms with van der Waals surface area (Å²) in [7, 11) is 0. The van der Waals surface area contributed by atoms with E-state index in [2.05, 4.69) is 9.97 Å². The molecule has 1 aliphatic heterocycles. The Balaban J connectivity index is 1.81. The highest BCUT2D eigenvalue weighted by atomic mass is 32.1. The number of hydrogen-bond acceptors (Lipinski definition) is 5. The fraction of sp³-hybridized carbons (Fsp3) is 0.150. The van der Waals surface area contributed by atoms with Gasteiger partial charge in [0.1, 0.15) is 12.0 Å². The molecule has 1 unspecified atom stereocenters. The molecule has 0 spiro atoms. The number of pyridine rings is 1. The van der Waals surface area contributed by atoms with Crippen LogP contribution in [0.25, 0.3) is 12.3 Å². The van der Waals surface area contributed by atoms with E-state index < -0.39 is 0 Å². The molecular weight excluding hydrogens is 347 g/mol. The molecule has 26 heavy (non-hydrogen) atoms. The highest BCUT2D eigenvalue weighted by Crippen LogP contribution is 2.23. The summed E-state index contributed by atoms with van der Waals surface area (Å²) in [6, 6.07) is 8.53. The maximum atomic E-state index is 13.7. The summed E-state index contributed by atoms with van der Waals surface area (Å²) in [5, 5.41) is 4.56. The molecule has 0 aliphatic carbocycles. The van der Waals surface area contributed by atoms with E-state index in [0.717, 1.165) is 32.7 Å². The van der Waals surface area contributed by atoms with E-state index in [-0.39, 0.29) is 12.0 Å². The molecule has 0 bridgehead atoms. The number of aromatic nitrogens is 2. The average molecular weight is 364 g/mol. The minimum absolute atomic E-state index is 0.252. The molecule has 1 aromatic carbocycles. The Morgan fingerprint density at radius 3 is 2.88 bits per heavy atom. The Bertz CT molecular complexity index is 1100. The van der Waals surface area contributed by atoms with E-state index in [0.29, 0.717) is 0 Å². The van der Waals surface area contributed by atoms with E-state index in [9.17, 15) is 4.39 Å². The Morgan fingerprint density at radius 2 is 2.12 bits per heavy atom. The molecule has 0 amide bonds. The largest absolute Gasteiger partial charge is 0.320 e. The molecule has 130 valence electrons. The predicted octanol–water partition coefficient (Wildman–Crippen LogP) is 3.21. The first-order valence-corrected chi connectivity index (χ1v) is 9.14. The van der Waals surface area contributed by atoms with Crippen LogP contribution in [-0.4, -0.2) is 16.1 Å². The molecule has 0 fully saturated rings. The lowest BCUT2D eigenvalue weighted by Crippen LogP contribution is -2.41. The molecule has 0 saturated carbocycles. The van der Waals surface area contributed by atoms with Crippen LogP contribution in [0, 0.1) is 19.7 Å². The third kappa shape index (κ3) is 3.28. The van der Waals surface area contributed by atoms with Gasteiger partial charge in [0.2, 0.25) is 0 Å². The van der Waals surface area contributed by atoms with Gasteiger partial charge in [-0.15, -0.1) is 11.3 Å². The van der Waals surface area contributed by atoms with Crippen molar-refractivity contribution >= 4 is 29.3 Å². The van der Waals surface area contributed by atoms with Crippen LogP contribution in [-0.2, 0) is 0 Å². The summed E-state index contributed by atoms with van der Waals surface area (Å²) in [5.41, 5.74) is 2.74. The minimum Gasteiger partial charge on any atom is -0.320 e. The van der Waals surface area contributed by atoms with Gasteiger partial charge in [-0.1, -0.05) is 0 Å². The van der Waals surface area contributed by atoms with Crippen LogP contribution in [0.2, 0.25) is 0 Å². The number of aryl methyl sites for hydroxylation is 2. The molecule has 0 radical (unpaired) electrons. The average Bonchev–Trinajstić information content (AvgIpc) is 3.05. The van der Waals surface area contributed by atoms with Gasteiger partial charge in [-0.3, -0.25) is 9.98 Å². The number of hydrogen-bond donors (Lipinski definition) is 0. The first kappa shape index (κ1) is 16.6. The van der Waals surface area contributed by atoms with Crippen LogP contribution in [0.4, 0.5) is 10.1 Å². The van der Waals surface area contributed by atoms with Crippen molar-refractivity contribution in [2.45, 2.75) is 20.0 Å². The quantitative estimate of drug-likeness (QED) is 0.717. The van der Waals surface area contributed by atoms with Crippen LogP contribution in [0.15, 0.2) is 53.0 Å². The Morgan fingerprint density at radius 1 is 1.23 bits per heavy atom. The first-order valence-electron chi connectivity index (χ1n) is 8.26. The van der Waals surface area contributed by atoms with Crippen molar-refractivity contribution in [1.29, 1.82) is 0 Å². The smallest absolute Gasteiger partial charge is 0.145 e. The summed E-state index contributed by atoms with van der Waals surface area (Å²) in [4.78, 5) is 15.6. The highest BCUT2D eigenvalue weighted by Gasteiger charge is 2.19. The van der Waals surface area contributed by atoms with Crippen molar-refractivity contribution in [2.75, 3.05) is 4.90 Å². The molecule has 0 saturated heterocycles. The molecular formula is C20H17FN4S. The lowest BCUT2D eigenvalue weighted by atomic mass is 10.2. The van der Waals surface area contributed by atoms with Crippen LogP contribution in [0.3, 0.4) is 0 Å². The zero-order valence-electron chi connectivity index (χ0n) is 14.4. The van der Waals surface area contributed by atoms with Crippen LogP contribution < -0.4 is 15.5 Å². The molecule has 2 aromatic heterocycles. The molecule has 4 rings (SSSR count). The van der Waals surface area contributed by atoms with Gasteiger partial charge in [-0.05, 0) is 56.3 Å². The molecule has 4 nitrogen and oxygen atoms in total. The number of thiazole rings is 1. The van der Waals surface area contributed by atoms with Gasteiger partial charge < -0.3 is 4.90 Å². The van der Waals surface area contributed by atoms with Crippen molar-refractivity contribution < 1.29 is 4.39 Å². The van der Waals surface area contributed by atoms with E-state index in [1.165, 1.54) is 12.1 Å². The fourth-order valence-corrected chi connectivity index (χ4v) is 3.50. The van der Waals surface area contributed by atoms with Crippen molar-refractivity contribution in [3.05, 3.63) is 80.8 Å². The Hall–Kier alpha value is -2.86. The molecule has 1 aliphatic rings. The summed E-state index contributed by atoms with van der Waals surface area (Å²) in [6.45, 7) is 3.94. The van der Waals surface area contributed by atoms with Crippen molar-refractivity contribution in [3.8, 4) is 0 Å². The normalized spacial score (nSPS) is 16.3. The highest BCUT2D eigenvalue weighted by molar-refractivity contribution is 7.09. The maximum Gasteiger partial charge on any atom is 0.145 e. The second-order valence-corrected chi connectivity index (χ2v) is 7.10. The van der Waals surface area contributed by atoms with E-state index in [4.69, 9.17) is 4.99 Å². The maximum absolute atomic E-state index is 13.7. The van der Waals surface area contributed by atoms with Gasteiger partial charge in [0.15, 0.2) is 0 Å². The molecule has 1 atom stereocenters. The number of halogens is 1. The zero-order chi connectivity index (χ0) is 18.1. The third-order valence-electron chi connectivity index (χ3n) is 4.16. The Labute approximate surface area is 154 Å². The van der Waals surface area contributed by atoms with Gasteiger partial charge in [0.05, 0.1) is 27.4 Å². The zero-order valence-corrected chi connectivity index (χ0v) is 15.2. The number of benzene rings is 1. The van der Waals surface area contributed by atoms with Gasteiger partial charge in [-0.25, -0.2) is 9.37 Å². The number of nitrogens with zero attached hydrogens (tertiary/aromatic N) is 4. The number of fused-ring (bicyclic) bond motifs is 1. The predicted molar refractivity (Wildman–Crippen MR) is 103 cm³/mol. The summed E-state index contributed by atoms with van der Waals surface area (Å²) in [5.74, 6) is -0.273. The Kier molecular flexibility index (Phi) is 4.34. The molecule has 0 N–H and O–H groups in total. The second kappa shape index (κ2) is 6.80. The van der Waals surface area contributed by atoms with Crippen molar-refractivity contribution in [1.82, 2.24) is 9.97 Å². The van der Waals surface area contributed by atoms with E-state index in [1.807, 2.05) is 54.6 Å². The third-order valence-corrected chi connectivity index (χ3v) is 4.95. The summed E-state index contributed by atoms with van der Waals surface area (Å²) < 4.78 is 13.7. The van der Waals surface area contributed by atoms with E-state index in [1.54, 1.807) is 23.6 Å². The van der Waals surface area contributed by atoms with Gasteiger partial charge >= 0.3 is 0 Å². The first-order chi connectivity index (χ1) is 12.6. The molecule has 6 heteroatoms. The lowest BCUT2D eigenvalue weighted by molar-refractivity contribution is 0.624. The monoisotopic (exact) mass is 364 g/mol. The van der Waals surface area contributed by atoms with Gasteiger partial charge in [0, 0.05) is 23.0 Å². The lowest BCUT2D eigenvalue weighted by Gasteiger charge is -2.29. The number of anilines is 1. The van der Waals surface area contributed by atoms with Crippen molar-refractivity contribution in [2.24, 2.45) is 4.99 Å². The summed E-state index contributed by atoms with van der Waals surface area (Å²) in [6.07, 6.45) is 7.41. The molecule has 3 heterocycles. The SMILES string of the molecule is Cc1nc(C=CC2N=c3ccc(F)cc3=CN2c2cccnc2C)cs1. The van der Waals surface area contributed by atoms with Crippen LogP contribution in [0.1, 0.15) is 16.4 Å². The number of rotatable bonds is 3. The van der Waals surface area contributed by atoms with E-state index >= 15 is 0 Å². The second-order valence-electron chi connectivity index (χ2n) is 6.04. The van der Waals surface area contributed by atoms with Crippen LogP contribution in [0.5, 0.6) is 0 Å². The van der Waals surface area contributed by atoms with Gasteiger partial charge in [0.25, 0.3) is 0 Å². The topological polar surface area (TPSA) is 41.4 Å². The van der Waals surface area contributed by atoms with Crippen molar-refractivity contribution in [3.63, 3.8) is 0 Å².